The number of hydrogen-bond donors (Lipinski definition) is 0. The van der Waals surface area contributed by atoms with Crippen LogP contribution >= 0.6 is 0 Å². The van der Waals surface area contributed by atoms with Gasteiger partial charge in [0.1, 0.15) is 0 Å². The van der Waals surface area contributed by atoms with Gasteiger partial charge in [0.25, 0.3) is 0 Å². The molecule has 6 heteroatoms. The number of nitrogens with zero attached hydrogens (tertiary/aromatic N) is 2. The fourth-order valence-electron chi connectivity index (χ4n) is 22.1. The van der Waals surface area contributed by atoms with Crippen molar-refractivity contribution in [2.45, 2.75) is 0 Å². The maximum absolute atomic E-state index is 6.02. The molecule has 28 rings (SSSR count). The predicted octanol–water partition coefficient (Wildman–Crippen LogP) is 34.0. The van der Waals surface area contributed by atoms with E-state index >= 15 is 0 Å². The molecular formula is C124H74N2O2Se2. The molecule has 0 aliphatic carbocycles. The zero-order chi connectivity index (χ0) is 85.2. The predicted molar refractivity (Wildman–Crippen MR) is 554 cm³/mol. The SMILES string of the molecule is c1ccc(-n2c3ccccc3c3c(-c4c5ccccc5c(-c5ccc6[se]c7c(-c8c9ccccc9c(-c9cccc%10c9c9ccccc9n%10-c9ccccc9)c9ccccc89)cccc7c6c5)c5ccccc45)cccc32)cc1.c1coc(-c2c3ccccc3c(-c3ccc4[se]c5c(-c6c7ccccc7c(-c7ccco7)c7ccccc67)cccc5c4c3)c3ccccc23)c1. The summed E-state index contributed by atoms with van der Waals surface area (Å²) in [6.07, 6.45) is 3.53. The molecule has 0 N–H and O–H groups in total. The Balaban J connectivity index is 0.000000147. The van der Waals surface area contributed by atoms with Gasteiger partial charge in [0.05, 0.1) is 0 Å². The number of hydrogen-bond acceptors (Lipinski definition) is 2. The Morgan fingerprint density at radius 2 is 0.423 bits per heavy atom. The number of rotatable bonds is 10. The molecule has 130 heavy (non-hydrogen) atoms. The molecule has 0 saturated heterocycles. The van der Waals surface area contributed by atoms with Crippen molar-refractivity contribution < 1.29 is 8.83 Å². The topological polar surface area (TPSA) is 36.1 Å². The fourth-order valence-corrected chi connectivity index (χ4v) is 27.2. The van der Waals surface area contributed by atoms with Crippen LogP contribution in [0.2, 0.25) is 0 Å². The van der Waals surface area contributed by atoms with Gasteiger partial charge in [-0.1, -0.05) is 48.5 Å². The molecule has 4 nitrogen and oxygen atoms in total. The first kappa shape index (κ1) is 74.4. The van der Waals surface area contributed by atoms with Gasteiger partial charge in [-0.2, -0.15) is 0 Å². The molecule has 604 valence electrons. The van der Waals surface area contributed by atoms with E-state index < -0.39 is 0 Å². The van der Waals surface area contributed by atoms with Crippen LogP contribution in [0.25, 0.3) is 269 Å². The Hall–Kier alpha value is -15.9. The van der Waals surface area contributed by atoms with Gasteiger partial charge in [-0.15, -0.1) is 0 Å². The average molecular weight is 1780 g/mol. The van der Waals surface area contributed by atoms with Gasteiger partial charge in [0.15, 0.2) is 0 Å². The third-order valence-corrected chi connectivity index (χ3v) is 32.5. The van der Waals surface area contributed by atoms with Crippen LogP contribution in [0.4, 0.5) is 0 Å². The summed E-state index contributed by atoms with van der Waals surface area (Å²) in [6, 6.07) is 162. The zero-order valence-electron chi connectivity index (χ0n) is 70.3. The fraction of sp³-hybridized carbons (Fsp3) is 0. The number of aromatic nitrogens is 2. The van der Waals surface area contributed by atoms with Gasteiger partial charge < -0.3 is 0 Å². The summed E-state index contributed by atoms with van der Waals surface area (Å²) in [5.74, 6) is 1.79. The summed E-state index contributed by atoms with van der Waals surface area (Å²) < 4.78 is 22.6. The molecule has 0 amide bonds. The van der Waals surface area contributed by atoms with Crippen LogP contribution in [0, 0.1) is 0 Å². The van der Waals surface area contributed by atoms with Crippen LogP contribution in [-0.2, 0) is 0 Å². The first-order chi connectivity index (χ1) is 64.6. The second-order valence-electron chi connectivity index (χ2n) is 34.1. The molecule has 0 aliphatic rings. The number of para-hydroxylation sites is 4. The van der Waals surface area contributed by atoms with Crippen molar-refractivity contribution in [2.75, 3.05) is 0 Å². The van der Waals surface area contributed by atoms with Gasteiger partial charge in [-0.3, -0.25) is 0 Å². The van der Waals surface area contributed by atoms with Crippen molar-refractivity contribution in [3.63, 3.8) is 0 Å². The van der Waals surface area contributed by atoms with E-state index in [2.05, 4.69) is 434 Å². The quantitative estimate of drug-likeness (QED) is 0.101. The molecule has 6 heterocycles. The number of furan rings is 2. The van der Waals surface area contributed by atoms with Gasteiger partial charge >= 0.3 is 693 Å². The van der Waals surface area contributed by atoms with Crippen LogP contribution in [0.15, 0.2) is 458 Å². The van der Waals surface area contributed by atoms with Crippen LogP contribution in [-0.4, -0.2) is 38.1 Å². The molecule has 0 spiro atoms. The van der Waals surface area contributed by atoms with E-state index in [4.69, 9.17) is 8.83 Å². The molecule has 0 radical (unpaired) electrons. The van der Waals surface area contributed by atoms with Gasteiger partial charge in [0, 0.05) is 5.69 Å². The summed E-state index contributed by atoms with van der Waals surface area (Å²) in [7, 11) is 0. The van der Waals surface area contributed by atoms with Crippen molar-refractivity contribution in [1.29, 1.82) is 0 Å². The number of benzene rings is 22. The zero-order valence-corrected chi connectivity index (χ0v) is 73.7. The van der Waals surface area contributed by atoms with E-state index in [9.17, 15) is 0 Å². The van der Waals surface area contributed by atoms with Gasteiger partial charge in [0.2, 0.25) is 0 Å². The van der Waals surface area contributed by atoms with E-state index in [-0.39, 0.29) is 29.0 Å². The molecule has 0 aliphatic heterocycles. The van der Waals surface area contributed by atoms with Crippen LogP contribution in [0.5, 0.6) is 0 Å². The first-order valence-corrected chi connectivity index (χ1v) is 47.9. The van der Waals surface area contributed by atoms with Crippen molar-refractivity contribution in [3.8, 4) is 101 Å². The second-order valence-corrected chi connectivity index (χ2v) is 38.5. The first-order valence-electron chi connectivity index (χ1n) is 44.5. The average Bonchev–Trinajstić information content (AvgIpc) is 1.49. The molecule has 22 aromatic carbocycles. The molecule has 0 atom stereocenters. The van der Waals surface area contributed by atoms with Crippen LogP contribution < -0.4 is 0 Å². The van der Waals surface area contributed by atoms with Crippen molar-refractivity contribution in [3.05, 3.63) is 449 Å². The molecule has 0 saturated carbocycles. The van der Waals surface area contributed by atoms with E-state index in [1.54, 1.807) is 12.5 Å². The van der Waals surface area contributed by atoms with E-state index in [0.717, 1.165) is 34.0 Å². The second kappa shape index (κ2) is 29.9. The van der Waals surface area contributed by atoms with Gasteiger partial charge in [-0.25, -0.2) is 0 Å². The molecule has 0 unspecified atom stereocenters. The maximum atomic E-state index is 6.02. The van der Waals surface area contributed by atoms with E-state index in [0.29, 0.717) is 0 Å². The Morgan fingerprint density at radius 1 is 0.169 bits per heavy atom. The normalized spacial score (nSPS) is 12.0. The summed E-state index contributed by atoms with van der Waals surface area (Å²) in [5, 5.41) is 30.3. The van der Waals surface area contributed by atoms with Crippen LogP contribution in [0.1, 0.15) is 0 Å². The summed E-state index contributed by atoms with van der Waals surface area (Å²) in [5.41, 5.74) is 24.8. The summed E-state index contributed by atoms with van der Waals surface area (Å²) >= 11 is 0.228. The van der Waals surface area contributed by atoms with Crippen molar-refractivity contribution in [1.82, 2.24) is 9.13 Å². The van der Waals surface area contributed by atoms with Crippen LogP contribution in [0.3, 0.4) is 0 Å². The molecular weight excluding hydrogens is 1710 g/mol. The third kappa shape index (κ3) is 11.3. The Bertz CT molecular complexity index is 9330. The summed E-state index contributed by atoms with van der Waals surface area (Å²) in [6.45, 7) is 0. The summed E-state index contributed by atoms with van der Waals surface area (Å²) in [4.78, 5) is 0. The molecule has 6 aromatic heterocycles. The minimum absolute atomic E-state index is 0.0805. The Kier molecular flexibility index (Phi) is 17.1. The Labute approximate surface area is 759 Å². The minimum atomic E-state index is 0.0805. The van der Waals surface area contributed by atoms with E-state index in [1.807, 2.05) is 12.1 Å². The standard InChI is InChI=1S/C76H46N2Se.C48H28O2Se/c1-3-22-48(23-4-1)77-65-40-17-15-34-59(65)74-61(37-20-42-67(74)77)71-52-28-9-7-26-50(52)70(51-27-8-10-29-53(51)71)47-44-45-69-64(46-47)58-36-19-39-63(76(58)79-69)73-56-32-13-11-30-54(56)72(55-31-12-14-33-57(55)73)62-38-21-43-68-75(62)60-35-16-18-41-66(60)78(68)49-24-5-2-6-25-49;1-5-16-34-30(12-1)44(31-13-2-6-17-35(31)46(34)41-22-10-26-49-41)29-24-25-43-40(28-29)38-20-9-21-39(48(38)51-43)45-32-14-3-7-18-36(32)47(42-23-11-27-50-42)37-19-8-4-15-33(37)45/h1-46H;1-28H. The molecule has 28 aromatic rings. The van der Waals surface area contributed by atoms with E-state index in [1.165, 1.54) is 235 Å². The monoisotopic (exact) mass is 1780 g/mol. The number of fused-ring (bicyclic) bond motifs is 20. The van der Waals surface area contributed by atoms with Gasteiger partial charge in [-0.05, 0) is 18.2 Å². The van der Waals surface area contributed by atoms with Crippen molar-refractivity contribution >= 4 is 197 Å². The molecule has 0 fully saturated rings. The molecule has 0 bridgehead atoms. The third-order valence-electron chi connectivity index (χ3n) is 27.3. The van der Waals surface area contributed by atoms with Crippen molar-refractivity contribution in [2.24, 2.45) is 0 Å². The Morgan fingerprint density at radius 3 is 0.738 bits per heavy atom.